The SMILES string of the molecule is COC(=O)CC1(O)C(=O)OCOC(=O)C1O. The summed E-state index contributed by atoms with van der Waals surface area (Å²) >= 11 is 0. The third-order valence-corrected chi connectivity index (χ3v) is 2.06. The zero-order valence-electron chi connectivity index (χ0n) is 8.34. The summed E-state index contributed by atoms with van der Waals surface area (Å²) in [5.74, 6) is -3.55. The summed E-state index contributed by atoms with van der Waals surface area (Å²) in [6.07, 6.45) is -3.10. The molecule has 0 amide bonds. The number of aliphatic hydroxyl groups is 2. The minimum Gasteiger partial charge on any atom is -0.469 e. The summed E-state index contributed by atoms with van der Waals surface area (Å²) in [5.41, 5.74) is -2.68. The zero-order valence-corrected chi connectivity index (χ0v) is 8.34. The number of hydrogen-bond donors (Lipinski definition) is 2. The number of cyclic esters (lactones) is 2. The summed E-state index contributed by atoms with van der Waals surface area (Å²) in [6.45, 7) is -0.724. The van der Waals surface area contributed by atoms with Crippen LogP contribution in [0.3, 0.4) is 0 Å². The second kappa shape index (κ2) is 4.45. The van der Waals surface area contributed by atoms with Gasteiger partial charge in [-0.25, -0.2) is 9.59 Å². The zero-order chi connectivity index (χ0) is 12.3. The van der Waals surface area contributed by atoms with Crippen LogP contribution in [0.1, 0.15) is 6.42 Å². The van der Waals surface area contributed by atoms with Gasteiger partial charge in [-0.2, -0.15) is 0 Å². The molecule has 0 aromatic carbocycles. The van der Waals surface area contributed by atoms with Crippen LogP contribution in [0.15, 0.2) is 0 Å². The molecule has 0 spiro atoms. The first-order valence-corrected chi connectivity index (χ1v) is 4.23. The second-order valence-electron chi connectivity index (χ2n) is 3.09. The minimum absolute atomic E-state index is 0.724. The number of carbonyl (C=O) groups is 3. The van der Waals surface area contributed by atoms with Crippen molar-refractivity contribution in [3.05, 3.63) is 0 Å². The first kappa shape index (κ1) is 12.4. The van der Waals surface area contributed by atoms with Gasteiger partial charge in [-0.15, -0.1) is 0 Å². The van der Waals surface area contributed by atoms with Crippen LogP contribution in [0.25, 0.3) is 0 Å². The Balaban J connectivity index is 2.97. The van der Waals surface area contributed by atoms with Crippen LogP contribution in [0.4, 0.5) is 0 Å². The highest BCUT2D eigenvalue weighted by molar-refractivity contribution is 5.93. The van der Waals surface area contributed by atoms with Gasteiger partial charge in [0.15, 0.2) is 6.10 Å². The molecule has 2 atom stereocenters. The summed E-state index contributed by atoms with van der Waals surface area (Å²) in [5, 5.41) is 19.1. The molecular weight excluding hydrogens is 224 g/mol. The van der Waals surface area contributed by atoms with Gasteiger partial charge >= 0.3 is 17.9 Å². The van der Waals surface area contributed by atoms with E-state index < -0.39 is 42.8 Å². The Morgan fingerprint density at radius 2 is 2.19 bits per heavy atom. The Hall–Kier alpha value is -1.67. The van der Waals surface area contributed by atoms with Gasteiger partial charge < -0.3 is 24.4 Å². The van der Waals surface area contributed by atoms with Gasteiger partial charge in [0.2, 0.25) is 12.4 Å². The summed E-state index contributed by atoms with van der Waals surface area (Å²) in [4.78, 5) is 33.2. The van der Waals surface area contributed by atoms with Gasteiger partial charge in [-0.1, -0.05) is 0 Å². The lowest BCUT2D eigenvalue weighted by molar-refractivity contribution is -0.181. The average molecular weight is 234 g/mol. The third kappa shape index (κ3) is 2.12. The van der Waals surface area contributed by atoms with Crippen LogP contribution >= 0.6 is 0 Å². The largest absolute Gasteiger partial charge is 0.469 e. The third-order valence-electron chi connectivity index (χ3n) is 2.06. The molecule has 8 heteroatoms. The van der Waals surface area contributed by atoms with Crippen molar-refractivity contribution < 1.29 is 38.8 Å². The van der Waals surface area contributed by atoms with E-state index in [4.69, 9.17) is 0 Å². The molecule has 0 aromatic heterocycles. The Morgan fingerprint density at radius 1 is 1.56 bits per heavy atom. The van der Waals surface area contributed by atoms with Gasteiger partial charge in [0.05, 0.1) is 13.5 Å². The number of methoxy groups -OCH3 is 1. The molecule has 8 nitrogen and oxygen atoms in total. The fourth-order valence-corrected chi connectivity index (χ4v) is 1.11. The second-order valence-corrected chi connectivity index (χ2v) is 3.09. The van der Waals surface area contributed by atoms with E-state index in [1.807, 2.05) is 0 Å². The molecule has 1 aliphatic heterocycles. The smallest absolute Gasteiger partial charge is 0.345 e. The predicted molar refractivity (Wildman–Crippen MR) is 44.6 cm³/mol. The number of rotatable bonds is 2. The van der Waals surface area contributed by atoms with Gasteiger partial charge in [0.1, 0.15) is 0 Å². The molecule has 1 heterocycles. The summed E-state index contributed by atoms with van der Waals surface area (Å²) < 4.78 is 12.8. The van der Waals surface area contributed by atoms with E-state index in [1.54, 1.807) is 0 Å². The monoisotopic (exact) mass is 234 g/mol. The molecule has 1 saturated heterocycles. The molecule has 1 aliphatic rings. The van der Waals surface area contributed by atoms with Crippen molar-refractivity contribution in [1.29, 1.82) is 0 Å². The van der Waals surface area contributed by atoms with E-state index in [-0.39, 0.29) is 0 Å². The van der Waals surface area contributed by atoms with Crippen LogP contribution in [0.2, 0.25) is 0 Å². The Labute approximate surface area is 89.7 Å². The fourth-order valence-electron chi connectivity index (χ4n) is 1.11. The van der Waals surface area contributed by atoms with Crippen molar-refractivity contribution in [2.24, 2.45) is 0 Å². The summed E-state index contributed by atoms with van der Waals surface area (Å²) in [7, 11) is 1.03. The lowest BCUT2D eigenvalue weighted by atomic mass is 9.93. The minimum atomic E-state index is -2.68. The molecular formula is C8H10O8. The van der Waals surface area contributed by atoms with Gasteiger partial charge in [0.25, 0.3) is 0 Å². The maximum atomic E-state index is 11.3. The predicted octanol–water partition coefficient (Wildman–Crippen LogP) is -2.30. The first-order chi connectivity index (χ1) is 7.41. The molecule has 0 saturated carbocycles. The number of aliphatic hydroxyl groups excluding tert-OH is 1. The van der Waals surface area contributed by atoms with Crippen molar-refractivity contribution in [3.8, 4) is 0 Å². The highest BCUT2D eigenvalue weighted by atomic mass is 16.7. The molecule has 90 valence electrons. The van der Waals surface area contributed by atoms with E-state index in [0.29, 0.717) is 0 Å². The maximum absolute atomic E-state index is 11.3. The highest BCUT2D eigenvalue weighted by Gasteiger charge is 2.53. The topological polar surface area (TPSA) is 119 Å². The van der Waals surface area contributed by atoms with Crippen molar-refractivity contribution in [2.75, 3.05) is 13.9 Å². The summed E-state index contributed by atoms with van der Waals surface area (Å²) in [6, 6.07) is 0. The fraction of sp³-hybridized carbons (Fsp3) is 0.625. The van der Waals surface area contributed by atoms with Gasteiger partial charge in [0, 0.05) is 0 Å². The molecule has 2 unspecified atom stereocenters. The lowest BCUT2D eigenvalue weighted by Gasteiger charge is -2.24. The number of carbonyl (C=O) groups excluding carboxylic acids is 3. The standard InChI is InChI=1S/C8H10O8/c1-14-4(9)2-8(13)5(10)6(11)15-3-16-7(8)12/h5,10,13H,2-3H2,1H3. The van der Waals surface area contributed by atoms with Crippen molar-refractivity contribution >= 4 is 17.9 Å². The van der Waals surface area contributed by atoms with Crippen LogP contribution in [-0.4, -0.2) is 53.7 Å². The van der Waals surface area contributed by atoms with E-state index in [9.17, 15) is 24.6 Å². The van der Waals surface area contributed by atoms with Crippen LogP contribution < -0.4 is 0 Å². The van der Waals surface area contributed by atoms with Crippen LogP contribution in [-0.2, 0) is 28.6 Å². The quantitative estimate of drug-likeness (QED) is 0.512. The van der Waals surface area contributed by atoms with E-state index in [2.05, 4.69) is 14.2 Å². The van der Waals surface area contributed by atoms with E-state index in [1.165, 1.54) is 0 Å². The first-order valence-electron chi connectivity index (χ1n) is 4.23. The average Bonchev–Trinajstić information content (AvgIpc) is 2.33. The van der Waals surface area contributed by atoms with E-state index in [0.717, 1.165) is 7.11 Å². The molecule has 16 heavy (non-hydrogen) atoms. The lowest BCUT2D eigenvalue weighted by Crippen LogP contribution is -2.53. The van der Waals surface area contributed by atoms with E-state index >= 15 is 0 Å². The molecule has 2 N–H and O–H groups in total. The Morgan fingerprint density at radius 3 is 2.75 bits per heavy atom. The van der Waals surface area contributed by atoms with Gasteiger partial charge in [-0.05, 0) is 0 Å². The maximum Gasteiger partial charge on any atom is 0.345 e. The molecule has 0 radical (unpaired) electrons. The Bertz CT molecular complexity index is 324. The van der Waals surface area contributed by atoms with Crippen LogP contribution in [0.5, 0.6) is 0 Å². The van der Waals surface area contributed by atoms with Crippen molar-refractivity contribution in [2.45, 2.75) is 18.1 Å². The molecule has 0 aromatic rings. The molecule has 1 rings (SSSR count). The number of esters is 3. The van der Waals surface area contributed by atoms with Gasteiger partial charge in [-0.3, -0.25) is 4.79 Å². The molecule has 0 bridgehead atoms. The number of ether oxygens (including phenoxy) is 3. The number of hydrogen-bond acceptors (Lipinski definition) is 8. The molecule has 1 fully saturated rings. The van der Waals surface area contributed by atoms with Crippen molar-refractivity contribution in [3.63, 3.8) is 0 Å². The van der Waals surface area contributed by atoms with Crippen molar-refractivity contribution in [1.82, 2.24) is 0 Å². The molecule has 0 aliphatic carbocycles. The normalized spacial score (nSPS) is 30.1. The van der Waals surface area contributed by atoms with Crippen LogP contribution in [0, 0.1) is 0 Å². The highest BCUT2D eigenvalue weighted by Crippen LogP contribution is 2.22. The Kier molecular flexibility index (Phi) is 3.45.